The van der Waals surface area contributed by atoms with Gasteiger partial charge in [0.25, 0.3) is 0 Å². The van der Waals surface area contributed by atoms with Crippen LogP contribution in [0.4, 0.5) is 0 Å². The van der Waals surface area contributed by atoms with Gasteiger partial charge in [-0.15, -0.1) is 11.3 Å². The predicted octanol–water partition coefficient (Wildman–Crippen LogP) is 4.77. The summed E-state index contributed by atoms with van der Waals surface area (Å²) in [5.41, 5.74) is 1.27. The highest BCUT2D eigenvalue weighted by molar-refractivity contribution is 7.10. The molecule has 21 heavy (non-hydrogen) atoms. The van der Waals surface area contributed by atoms with Crippen LogP contribution >= 0.6 is 11.3 Å². The van der Waals surface area contributed by atoms with Crippen molar-refractivity contribution in [3.05, 3.63) is 40.1 Å². The van der Waals surface area contributed by atoms with E-state index in [1.807, 2.05) is 13.0 Å². The van der Waals surface area contributed by atoms with Crippen molar-refractivity contribution in [2.45, 2.75) is 64.8 Å². The molecule has 0 aromatic carbocycles. The monoisotopic (exact) mass is 305 g/mol. The van der Waals surface area contributed by atoms with Gasteiger partial charge in [-0.25, -0.2) is 0 Å². The maximum Gasteiger partial charge on any atom is 0.0813 e. The minimum absolute atomic E-state index is 0.398. The molecule has 0 spiro atoms. The van der Waals surface area contributed by atoms with Crippen molar-refractivity contribution in [2.75, 3.05) is 0 Å². The van der Waals surface area contributed by atoms with Crippen LogP contribution in [0.5, 0.6) is 0 Å². The zero-order chi connectivity index (χ0) is 15.1. The molecule has 3 heteroatoms. The SMILES string of the molecule is C/C=C\C=C/c1csc(COC2CC(C)NC(CC)C2)c1. The Kier molecular flexibility index (Phi) is 6.68. The Labute approximate surface area is 132 Å². The Hall–Kier alpha value is -0.900. The summed E-state index contributed by atoms with van der Waals surface area (Å²) < 4.78 is 6.14. The molecule has 0 bridgehead atoms. The number of piperidine rings is 1. The van der Waals surface area contributed by atoms with Gasteiger partial charge in [0.2, 0.25) is 0 Å². The van der Waals surface area contributed by atoms with Crippen LogP contribution in [0.25, 0.3) is 6.08 Å². The molecule has 2 nitrogen and oxygen atoms in total. The van der Waals surface area contributed by atoms with Crippen LogP contribution in [-0.4, -0.2) is 18.2 Å². The first-order valence-corrected chi connectivity index (χ1v) is 8.83. The van der Waals surface area contributed by atoms with Gasteiger partial charge in [0.15, 0.2) is 0 Å². The molecule has 0 amide bonds. The number of rotatable bonds is 6. The zero-order valence-corrected chi connectivity index (χ0v) is 14.2. The maximum absolute atomic E-state index is 6.14. The van der Waals surface area contributed by atoms with E-state index in [1.165, 1.54) is 16.9 Å². The number of hydrogen-bond acceptors (Lipinski definition) is 3. The summed E-state index contributed by atoms with van der Waals surface area (Å²) in [5, 5.41) is 5.83. The topological polar surface area (TPSA) is 21.3 Å². The fourth-order valence-electron chi connectivity index (χ4n) is 2.81. The van der Waals surface area contributed by atoms with Crippen molar-refractivity contribution in [1.29, 1.82) is 0 Å². The summed E-state index contributed by atoms with van der Waals surface area (Å²) in [7, 11) is 0. The molecule has 1 aliphatic heterocycles. The number of ether oxygens (including phenoxy) is 1. The Bertz CT molecular complexity index is 477. The van der Waals surface area contributed by atoms with Crippen molar-refractivity contribution in [3.63, 3.8) is 0 Å². The molecular formula is C18H27NOS. The second-order valence-electron chi connectivity index (χ2n) is 5.81. The first-order valence-electron chi connectivity index (χ1n) is 7.95. The normalized spacial score (nSPS) is 26.9. The molecule has 1 aromatic heterocycles. The fourth-order valence-corrected chi connectivity index (χ4v) is 3.58. The van der Waals surface area contributed by atoms with Crippen molar-refractivity contribution in [1.82, 2.24) is 5.32 Å². The lowest BCUT2D eigenvalue weighted by atomic mass is 9.95. The number of allylic oxidation sites excluding steroid dienone is 3. The van der Waals surface area contributed by atoms with E-state index in [-0.39, 0.29) is 0 Å². The Morgan fingerprint density at radius 3 is 3.00 bits per heavy atom. The third-order valence-corrected chi connectivity index (χ3v) is 4.83. The summed E-state index contributed by atoms with van der Waals surface area (Å²) in [5.74, 6) is 0. The van der Waals surface area contributed by atoms with Crippen molar-refractivity contribution < 1.29 is 4.74 Å². The molecule has 0 radical (unpaired) electrons. The molecule has 1 saturated heterocycles. The summed E-state index contributed by atoms with van der Waals surface area (Å²) in [6.45, 7) is 7.28. The van der Waals surface area contributed by atoms with Gasteiger partial charge < -0.3 is 10.1 Å². The van der Waals surface area contributed by atoms with Gasteiger partial charge in [-0.3, -0.25) is 0 Å². The molecule has 0 saturated carbocycles. The third-order valence-electron chi connectivity index (χ3n) is 3.90. The molecule has 1 aromatic rings. The third kappa shape index (κ3) is 5.42. The van der Waals surface area contributed by atoms with Crippen LogP contribution in [0, 0.1) is 0 Å². The molecular weight excluding hydrogens is 278 g/mol. The molecule has 116 valence electrons. The van der Waals surface area contributed by atoms with Crippen LogP contribution in [0.3, 0.4) is 0 Å². The largest absolute Gasteiger partial charge is 0.373 e. The number of nitrogens with one attached hydrogen (secondary N) is 1. The summed E-state index contributed by atoms with van der Waals surface area (Å²) >= 11 is 1.79. The fraction of sp³-hybridized carbons (Fsp3) is 0.556. The average Bonchev–Trinajstić information content (AvgIpc) is 2.93. The van der Waals surface area contributed by atoms with Crippen LogP contribution in [0.1, 0.15) is 50.5 Å². The van der Waals surface area contributed by atoms with Gasteiger partial charge in [0, 0.05) is 17.0 Å². The van der Waals surface area contributed by atoms with Crippen molar-refractivity contribution in [3.8, 4) is 0 Å². The van der Waals surface area contributed by atoms with Crippen LogP contribution in [-0.2, 0) is 11.3 Å². The standard InChI is InChI=1S/C18H27NOS/c1-4-6-7-8-15-10-18(21-13-15)12-20-17-9-14(3)19-16(5-2)11-17/h4,6-8,10,13-14,16-17,19H,5,9,11-12H2,1-3H3/b6-4-,8-7-. The van der Waals surface area contributed by atoms with Gasteiger partial charge >= 0.3 is 0 Å². The highest BCUT2D eigenvalue weighted by Crippen LogP contribution is 2.22. The Balaban J connectivity index is 1.82. The second kappa shape index (κ2) is 8.52. The molecule has 2 heterocycles. The van der Waals surface area contributed by atoms with E-state index in [9.17, 15) is 0 Å². The lowest BCUT2D eigenvalue weighted by Crippen LogP contribution is -2.46. The zero-order valence-electron chi connectivity index (χ0n) is 13.3. The van der Waals surface area contributed by atoms with E-state index in [2.05, 4.69) is 48.8 Å². The first kappa shape index (κ1) is 16.5. The minimum Gasteiger partial charge on any atom is -0.373 e. The van der Waals surface area contributed by atoms with Gasteiger partial charge in [0.05, 0.1) is 12.7 Å². The van der Waals surface area contributed by atoms with Gasteiger partial charge in [-0.05, 0) is 50.1 Å². The van der Waals surface area contributed by atoms with Crippen LogP contribution in [0.2, 0.25) is 0 Å². The first-order chi connectivity index (χ1) is 10.2. The van der Waals surface area contributed by atoms with Gasteiger partial charge in [-0.1, -0.05) is 31.2 Å². The molecule has 1 fully saturated rings. The highest BCUT2D eigenvalue weighted by Gasteiger charge is 2.25. The summed E-state index contributed by atoms with van der Waals surface area (Å²) in [4.78, 5) is 1.31. The van der Waals surface area contributed by atoms with Gasteiger partial charge in [0.1, 0.15) is 0 Å². The quantitative estimate of drug-likeness (QED) is 0.764. The van der Waals surface area contributed by atoms with E-state index in [0.717, 1.165) is 19.4 Å². The summed E-state index contributed by atoms with van der Waals surface area (Å²) in [6, 6.07) is 3.41. The molecule has 2 rings (SSSR count). The van der Waals surface area contributed by atoms with Gasteiger partial charge in [-0.2, -0.15) is 0 Å². The van der Waals surface area contributed by atoms with Crippen LogP contribution in [0.15, 0.2) is 29.7 Å². The number of thiophene rings is 1. The van der Waals surface area contributed by atoms with Crippen molar-refractivity contribution >= 4 is 17.4 Å². The predicted molar refractivity (Wildman–Crippen MR) is 92.7 cm³/mol. The molecule has 3 atom stereocenters. The minimum atomic E-state index is 0.398. The molecule has 3 unspecified atom stereocenters. The Morgan fingerprint density at radius 1 is 1.38 bits per heavy atom. The van der Waals surface area contributed by atoms with Crippen molar-refractivity contribution in [2.24, 2.45) is 0 Å². The molecule has 1 N–H and O–H groups in total. The van der Waals surface area contributed by atoms with E-state index >= 15 is 0 Å². The van der Waals surface area contributed by atoms with E-state index in [4.69, 9.17) is 4.74 Å². The Morgan fingerprint density at radius 2 is 2.24 bits per heavy atom. The highest BCUT2D eigenvalue weighted by atomic mass is 32.1. The molecule has 1 aliphatic rings. The van der Waals surface area contributed by atoms with Crippen LogP contribution < -0.4 is 5.32 Å². The molecule has 0 aliphatic carbocycles. The maximum atomic E-state index is 6.14. The lowest BCUT2D eigenvalue weighted by Gasteiger charge is -2.34. The van der Waals surface area contributed by atoms with E-state index < -0.39 is 0 Å². The smallest absolute Gasteiger partial charge is 0.0813 e. The van der Waals surface area contributed by atoms with E-state index in [0.29, 0.717) is 18.2 Å². The average molecular weight is 305 g/mol. The number of hydrogen-bond donors (Lipinski definition) is 1. The van der Waals surface area contributed by atoms with E-state index in [1.54, 1.807) is 11.3 Å². The second-order valence-corrected chi connectivity index (χ2v) is 6.80. The lowest BCUT2D eigenvalue weighted by molar-refractivity contribution is 0.00191. The summed E-state index contributed by atoms with van der Waals surface area (Å²) in [6.07, 6.45) is 12.1.